The number of thiophene rings is 1. The third kappa shape index (κ3) is 5.60. The van der Waals surface area contributed by atoms with E-state index >= 15 is 0 Å². The molecule has 9 heteroatoms. The van der Waals surface area contributed by atoms with Crippen LogP contribution >= 0.6 is 11.3 Å². The van der Waals surface area contributed by atoms with Gasteiger partial charge in [0.2, 0.25) is 11.9 Å². The van der Waals surface area contributed by atoms with Gasteiger partial charge in [-0.05, 0) is 38.5 Å². The zero-order chi connectivity index (χ0) is 21.7. The molecule has 0 unspecified atom stereocenters. The first-order chi connectivity index (χ1) is 14.3. The van der Waals surface area contributed by atoms with Crippen LogP contribution in [0.1, 0.15) is 44.3 Å². The molecular formula is C21H23N5O3S. The fraction of sp³-hybridized carbons (Fsp3) is 0.286. The SMILES string of the molecule is Cc1cc(C(=O)CCC(=O)OCc2nc(N)nc(Nc3ccccc3C)n2)c(C)s1. The van der Waals surface area contributed by atoms with Gasteiger partial charge in [0, 0.05) is 27.4 Å². The van der Waals surface area contributed by atoms with Gasteiger partial charge in [0.1, 0.15) is 0 Å². The number of aromatic nitrogens is 3. The summed E-state index contributed by atoms with van der Waals surface area (Å²) in [7, 11) is 0. The second-order valence-corrected chi connectivity index (χ2v) is 8.24. The van der Waals surface area contributed by atoms with E-state index in [1.54, 1.807) is 11.3 Å². The molecule has 0 bridgehead atoms. The summed E-state index contributed by atoms with van der Waals surface area (Å²) in [4.78, 5) is 38.7. The summed E-state index contributed by atoms with van der Waals surface area (Å²) in [5.74, 6) is -0.0576. The Balaban J connectivity index is 1.55. The maximum Gasteiger partial charge on any atom is 0.306 e. The number of ketones is 1. The largest absolute Gasteiger partial charge is 0.457 e. The van der Waals surface area contributed by atoms with E-state index in [1.165, 1.54) is 0 Å². The van der Waals surface area contributed by atoms with Crippen molar-refractivity contribution in [2.24, 2.45) is 0 Å². The van der Waals surface area contributed by atoms with Gasteiger partial charge < -0.3 is 15.8 Å². The smallest absolute Gasteiger partial charge is 0.306 e. The quantitative estimate of drug-likeness (QED) is 0.412. The zero-order valence-corrected chi connectivity index (χ0v) is 17.9. The molecule has 0 amide bonds. The van der Waals surface area contributed by atoms with Crippen LogP contribution in [0.4, 0.5) is 17.6 Å². The highest BCUT2D eigenvalue weighted by Crippen LogP contribution is 2.22. The summed E-state index contributed by atoms with van der Waals surface area (Å²) in [6.45, 7) is 5.65. The molecule has 30 heavy (non-hydrogen) atoms. The van der Waals surface area contributed by atoms with Crippen molar-refractivity contribution in [2.75, 3.05) is 11.1 Å². The van der Waals surface area contributed by atoms with Crippen LogP contribution in [0.3, 0.4) is 0 Å². The Morgan fingerprint density at radius 1 is 1.10 bits per heavy atom. The molecule has 156 valence electrons. The Kier molecular flexibility index (Phi) is 6.73. The number of anilines is 3. The molecule has 0 aliphatic heterocycles. The van der Waals surface area contributed by atoms with E-state index in [0.29, 0.717) is 5.56 Å². The van der Waals surface area contributed by atoms with Crippen LogP contribution in [0.25, 0.3) is 0 Å². The third-order valence-electron chi connectivity index (χ3n) is 4.35. The number of nitrogens with two attached hydrogens (primary N) is 1. The predicted octanol–water partition coefficient (Wildman–Crippen LogP) is 3.89. The van der Waals surface area contributed by atoms with Crippen LogP contribution in [0.5, 0.6) is 0 Å². The maximum atomic E-state index is 12.3. The summed E-state index contributed by atoms with van der Waals surface area (Å²) in [6, 6.07) is 9.52. The van der Waals surface area contributed by atoms with E-state index in [2.05, 4.69) is 20.3 Å². The van der Waals surface area contributed by atoms with Gasteiger partial charge in [0.05, 0.1) is 6.42 Å². The monoisotopic (exact) mass is 425 g/mol. The molecule has 0 aliphatic rings. The number of Topliss-reactive ketones (excluding diaryl/α,β-unsaturated/α-hetero) is 1. The van der Waals surface area contributed by atoms with Crippen LogP contribution in [0.2, 0.25) is 0 Å². The molecule has 1 aromatic carbocycles. The van der Waals surface area contributed by atoms with Crippen molar-refractivity contribution < 1.29 is 14.3 Å². The molecule has 3 rings (SSSR count). The summed E-state index contributed by atoms with van der Waals surface area (Å²) < 4.78 is 5.21. The topological polar surface area (TPSA) is 120 Å². The van der Waals surface area contributed by atoms with Crippen LogP contribution in [-0.2, 0) is 16.1 Å². The first kappa shape index (κ1) is 21.4. The molecule has 8 nitrogen and oxygen atoms in total. The molecule has 0 atom stereocenters. The van der Waals surface area contributed by atoms with Crippen molar-refractivity contribution in [1.82, 2.24) is 15.0 Å². The number of aryl methyl sites for hydroxylation is 3. The summed E-state index contributed by atoms with van der Waals surface area (Å²) in [5, 5.41) is 3.08. The average Bonchev–Trinajstić information content (AvgIpc) is 3.04. The Labute approximate surface area is 178 Å². The minimum Gasteiger partial charge on any atom is -0.457 e. The number of nitrogens with one attached hydrogen (secondary N) is 1. The van der Waals surface area contributed by atoms with E-state index < -0.39 is 5.97 Å². The first-order valence-electron chi connectivity index (χ1n) is 9.40. The molecule has 0 saturated carbocycles. The summed E-state index contributed by atoms with van der Waals surface area (Å²) in [6.07, 6.45) is 0.0807. The number of hydrogen-bond acceptors (Lipinski definition) is 9. The number of nitrogen functional groups attached to an aromatic ring is 1. The number of ether oxygens (including phenoxy) is 1. The Bertz CT molecular complexity index is 1080. The fourth-order valence-electron chi connectivity index (χ4n) is 2.87. The Hall–Kier alpha value is -3.33. The molecular weight excluding hydrogens is 402 g/mol. The molecule has 0 spiro atoms. The standard InChI is InChI=1S/C21H23N5O3S/c1-12-6-4-5-7-16(12)23-21-25-18(24-20(22)26-21)11-29-19(28)9-8-17(27)15-10-13(2)30-14(15)3/h4-7,10H,8-9,11H2,1-3H3,(H3,22,23,24,25,26). The molecule has 2 heterocycles. The van der Waals surface area contributed by atoms with Crippen LogP contribution < -0.4 is 11.1 Å². The summed E-state index contributed by atoms with van der Waals surface area (Å²) in [5.41, 5.74) is 8.27. The summed E-state index contributed by atoms with van der Waals surface area (Å²) >= 11 is 1.57. The Morgan fingerprint density at radius 2 is 1.87 bits per heavy atom. The van der Waals surface area contributed by atoms with Crippen molar-refractivity contribution >= 4 is 40.7 Å². The molecule has 0 fully saturated rings. The zero-order valence-electron chi connectivity index (χ0n) is 17.1. The van der Waals surface area contributed by atoms with Crippen molar-refractivity contribution in [2.45, 2.75) is 40.2 Å². The first-order valence-corrected chi connectivity index (χ1v) is 10.2. The highest BCUT2D eigenvalue weighted by atomic mass is 32.1. The molecule has 0 radical (unpaired) electrons. The molecule has 2 aromatic heterocycles. The molecule has 0 saturated heterocycles. The van der Waals surface area contributed by atoms with E-state index in [-0.39, 0.29) is 43.0 Å². The number of carbonyl (C=O) groups is 2. The second kappa shape index (κ2) is 9.45. The number of para-hydroxylation sites is 1. The van der Waals surface area contributed by atoms with Crippen LogP contribution in [0, 0.1) is 20.8 Å². The van der Waals surface area contributed by atoms with Crippen molar-refractivity contribution in [3.63, 3.8) is 0 Å². The fourth-order valence-corrected chi connectivity index (χ4v) is 3.81. The van der Waals surface area contributed by atoms with E-state index in [9.17, 15) is 9.59 Å². The number of hydrogen-bond donors (Lipinski definition) is 2. The number of esters is 1. The minimum absolute atomic E-state index is 0.0119. The number of benzene rings is 1. The van der Waals surface area contributed by atoms with Crippen LogP contribution in [0.15, 0.2) is 30.3 Å². The van der Waals surface area contributed by atoms with Gasteiger partial charge >= 0.3 is 5.97 Å². The van der Waals surface area contributed by atoms with Crippen molar-refractivity contribution in [3.8, 4) is 0 Å². The second-order valence-electron chi connectivity index (χ2n) is 6.78. The lowest BCUT2D eigenvalue weighted by molar-refractivity contribution is -0.145. The molecule has 3 aromatic rings. The maximum absolute atomic E-state index is 12.3. The molecule has 0 aliphatic carbocycles. The normalized spacial score (nSPS) is 10.6. The number of nitrogens with zero attached hydrogens (tertiary/aromatic N) is 3. The van der Waals surface area contributed by atoms with E-state index in [4.69, 9.17) is 10.5 Å². The van der Waals surface area contributed by atoms with Gasteiger partial charge in [-0.3, -0.25) is 9.59 Å². The molecule has 3 N–H and O–H groups in total. The highest BCUT2D eigenvalue weighted by Gasteiger charge is 2.15. The lowest BCUT2D eigenvalue weighted by atomic mass is 10.1. The lowest BCUT2D eigenvalue weighted by Crippen LogP contribution is -2.12. The Morgan fingerprint density at radius 3 is 2.57 bits per heavy atom. The van der Waals surface area contributed by atoms with Gasteiger partial charge in [-0.25, -0.2) is 0 Å². The van der Waals surface area contributed by atoms with Gasteiger partial charge in [-0.15, -0.1) is 11.3 Å². The van der Waals surface area contributed by atoms with Gasteiger partial charge in [-0.2, -0.15) is 15.0 Å². The number of carbonyl (C=O) groups excluding carboxylic acids is 2. The van der Waals surface area contributed by atoms with E-state index in [1.807, 2.05) is 51.1 Å². The van der Waals surface area contributed by atoms with Crippen LogP contribution in [-0.4, -0.2) is 26.7 Å². The minimum atomic E-state index is -0.500. The average molecular weight is 426 g/mol. The van der Waals surface area contributed by atoms with Gasteiger partial charge in [0.25, 0.3) is 0 Å². The van der Waals surface area contributed by atoms with Gasteiger partial charge in [-0.1, -0.05) is 18.2 Å². The highest BCUT2D eigenvalue weighted by molar-refractivity contribution is 7.12. The van der Waals surface area contributed by atoms with Crippen molar-refractivity contribution in [1.29, 1.82) is 0 Å². The van der Waals surface area contributed by atoms with Gasteiger partial charge in [0.15, 0.2) is 18.2 Å². The van der Waals surface area contributed by atoms with Crippen molar-refractivity contribution in [3.05, 3.63) is 57.0 Å². The lowest BCUT2D eigenvalue weighted by Gasteiger charge is -2.09. The third-order valence-corrected chi connectivity index (χ3v) is 5.32. The predicted molar refractivity (Wildman–Crippen MR) is 116 cm³/mol. The number of rotatable bonds is 8. The van der Waals surface area contributed by atoms with E-state index in [0.717, 1.165) is 21.0 Å².